The lowest BCUT2D eigenvalue weighted by atomic mass is 10.1. The van der Waals surface area contributed by atoms with Crippen LogP contribution in [-0.2, 0) is 7.05 Å². The summed E-state index contributed by atoms with van der Waals surface area (Å²) in [6, 6.07) is 7.39. The molecular formula is C12H13N3O. The van der Waals surface area contributed by atoms with Gasteiger partial charge in [-0.15, -0.1) is 10.2 Å². The van der Waals surface area contributed by atoms with Crippen LogP contribution < -0.4 is 0 Å². The molecule has 0 aliphatic heterocycles. The number of hydrogen-bond acceptors (Lipinski definition) is 3. The van der Waals surface area contributed by atoms with E-state index in [-0.39, 0.29) is 5.78 Å². The Hall–Kier alpha value is -1.97. The largest absolute Gasteiger partial charge is 0.314 e. The van der Waals surface area contributed by atoms with Crippen molar-refractivity contribution in [2.75, 3.05) is 0 Å². The molecule has 0 spiro atoms. The quantitative estimate of drug-likeness (QED) is 0.720. The van der Waals surface area contributed by atoms with Gasteiger partial charge < -0.3 is 4.57 Å². The lowest BCUT2D eigenvalue weighted by Crippen LogP contribution is -1.96. The van der Waals surface area contributed by atoms with Crippen molar-refractivity contribution in [2.24, 2.45) is 7.05 Å². The molecule has 1 aromatic carbocycles. The number of carbonyl (C=O) groups excluding carboxylic acids is 1. The van der Waals surface area contributed by atoms with Gasteiger partial charge in [-0.2, -0.15) is 0 Å². The molecule has 0 N–H and O–H groups in total. The Morgan fingerprint density at radius 3 is 2.25 bits per heavy atom. The number of benzene rings is 1. The van der Waals surface area contributed by atoms with Gasteiger partial charge in [0.2, 0.25) is 0 Å². The molecule has 2 rings (SSSR count). The monoisotopic (exact) mass is 215 g/mol. The van der Waals surface area contributed by atoms with Crippen molar-refractivity contribution in [3.63, 3.8) is 0 Å². The van der Waals surface area contributed by atoms with Crippen molar-refractivity contribution in [2.45, 2.75) is 13.8 Å². The van der Waals surface area contributed by atoms with Crippen LogP contribution in [0.15, 0.2) is 24.3 Å². The van der Waals surface area contributed by atoms with Gasteiger partial charge in [0.1, 0.15) is 5.82 Å². The maximum Gasteiger partial charge on any atom is 0.163 e. The van der Waals surface area contributed by atoms with Crippen molar-refractivity contribution in [3.8, 4) is 11.4 Å². The molecule has 0 bridgehead atoms. The summed E-state index contributed by atoms with van der Waals surface area (Å²) in [4.78, 5) is 11.1. The fraction of sp³-hybridized carbons (Fsp3) is 0.250. The van der Waals surface area contributed by atoms with Crippen LogP contribution in [0.25, 0.3) is 11.4 Å². The lowest BCUT2D eigenvalue weighted by molar-refractivity contribution is 0.101. The standard InChI is InChI=1S/C12H13N3O/c1-8(16)10-4-6-11(7-5-10)12-14-13-9(2)15(12)3/h4-7H,1-3H3. The molecule has 1 heterocycles. The van der Waals surface area contributed by atoms with Crippen LogP contribution in [0.5, 0.6) is 0 Å². The van der Waals surface area contributed by atoms with Crippen LogP contribution >= 0.6 is 0 Å². The Morgan fingerprint density at radius 1 is 1.19 bits per heavy atom. The Morgan fingerprint density at radius 2 is 1.81 bits per heavy atom. The van der Waals surface area contributed by atoms with E-state index in [2.05, 4.69) is 10.2 Å². The average molecular weight is 215 g/mol. The van der Waals surface area contributed by atoms with Crippen molar-refractivity contribution < 1.29 is 4.79 Å². The van der Waals surface area contributed by atoms with Gasteiger partial charge in [0.15, 0.2) is 11.6 Å². The van der Waals surface area contributed by atoms with E-state index in [4.69, 9.17) is 0 Å². The molecule has 1 aromatic heterocycles. The third-order valence-electron chi connectivity index (χ3n) is 2.64. The van der Waals surface area contributed by atoms with E-state index in [9.17, 15) is 4.79 Å². The number of hydrogen-bond donors (Lipinski definition) is 0. The summed E-state index contributed by atoms with van der Waals surface area (Å²) in [6.07, 6.45) is 0. The molecule has 0 amide bonds. The van der Waals surface area contributed by atoms with Crippen molar-refractivity contribution in [3.05, 3.63) is 35.7 Å². The Labute approximate surface area is 93.9 Å². The second-order valence-electron chi connectivity index (χ2n) is 3.76. The van der Waals surface area contributed by atoms with E-state index in [1.807, 2.05) is 42.8 Å². The average Bonchev–Trinajstić information content (AvgIpc) is 2.60. The Balaban J connectivity index is 2.42. The summed E-state index contributed by atoms with van der Waals surface area (Å²) < 4.78 is 1.92. The normalized spacial score (nSPS) is 10.4. The molecule has 0 fully saturated rings. The lowest BCUT2D eigenvalue weighted by Gasteiger charge is -2.02. The van der Waals surface area contributed by atoms with Crippen molar-refractivity contribution in [1.82, 2.24) is 14.8 Å². The minimum Gasteiger partial charge on any atom is -0.314 e. The van der Waals surface area contributed by atoms with Gasteiger partial charge in [0, 0.05) is 18.2 Å². The molecule has 0 saturated heterocycles. The third kappa shape index (κ3) is 1.74. The van der Waals surface area contributed by atoms with E-state index in [1.165, 1.54) is 0 Å². The summed E-state index contributed by atoms with van der Waals surface area (Å²) in [7, 11) is 1.92. The van der Waals surface area contributed by atoms with Crippen LogP contribution in [0, 0.1) is 6.92 Å². The summed E-state index contributed by atoms with van der Waals surface area (Å²) in [5.74, 6) is 1.75. The van der Waals surface area contributed by atoms with E-state index in [1.54, 1.807) is 6.92 Å². The highest BCUT2D eigenvalue weighted by Gasteiger charge is 2.07. The molecule has 0 aliphatic carbocycles. The predicted molar refractivity (Wildman–Crippen MR) is 61.2 cm³/mol. The zero-order valence-corrected chi connectivity index (χ0v) is 9.56. The molecule has 0 atom stereocenters. The highest BCUT2D eigenvalue weighted by Crippen LogP contribution is 2.17. The first-order valence-corrected chi connectivity index (χ1v) is 5.07. The highest BCUT2D eigenvalue weighted by molar-refractivity contribution is 5.94. The maximum atomic E-state index is 11.1. The fourth-order valence-corrected chi connectivity index (χ4v) is 1.51. The Bertz CT molecular complexity index is 526. The second kappa shape index (κ2) is 3.89. The van der Waals surface area contributed by atoms with Crippen LogP contribution in [0.3, 0.4) is 0 Å². The Kier molecular flexibility index (Phi) is 2.56. The SMILES string of the molecule is CC(=O)c1ccc(-c2nnc(C)n2C)cc1. The minimum absolute atomic E-state index is 0.0701. The summed E-state index contributed by atoms with van der Waals surface area (Å²) in [5, 5.41) is 8.08. The predicted octanol–water partition coefficient (Wildman–Crippen LogP) is 1.99. The van der Waals surface area contributed by atoms with Crippen LogP contribution in [0.2, 0.25) is 0 Å². The third-order valence-corrected chi connectivity index (χ3v) is 2.64. The van der Waals surface area contributed by atoms with Crippen molar-refractivity contribution >= 4 is 5.78 Å². The first kappa shape index (κ1) is 10.5. The zero-order chi connectivity index (χ0) is 11.7. The van der Waals surface area contributed by atoms with Gasteiger partial charge in [-0.3, -0.25) is 4.79 Å². The molecule has 0 saturated carbocycles. The topological polar surface area (TPSA) is 47.8 Å². The van der Waals surface area contributed by atoms with Gasteiger partial charge in [-0.25, -0.2) is 0 Å². The number of nitrogens with zero attached hydrogens (tertiary/aromatic N) is 3. The minimum atomic E-state index is 0.0701. The van der Waals surface area contributed by atoms with Gasteiger partial charge in [0.25, 0.3) is 0 Å². The summed E-state index contributed by atoms with van der Waals surface area (Å²) in [5.41, 5.74) is 1.68. The number of carbonyl (C=O) groups is 1. The van der Waals surface area contributed by atoms with Crippen LogP contribution in [-0.4, -0.2) is 20.5 Å². The zero-order valence-electron chi connectivity index (χ0n) is 9.56. The smallest absolute Gasteiger partial charge is 0.163 e. The maximum absolute atomic E-state index is 11.1. The van der Waals surface area contributed by atoms with Gasteiger partial charge >= 0.3 is 0 Å². The number of Topliss-reactive ketones (excluding diaryl/α,β-unsaturated/α-hetero) is 1. The van der Waals surface area contributed by atoms with E-state index in [0.717, 1.165) is 17.2 Å². The molecule has 4 heteroatoms. The summed E-state index contributed by atoms with van der Waals surface area (Å²) in [6.45, 7) is 3.46. The molecule has 0 aliphatic rings. The molecular weight excluding hydrogens is 202 g/mol. The highest BCUT2D eigenvalue weighted by atomic mass is 16.1. The van der Waals surface area contributed by atoms with E-state index < -0.39 is 0 Å². The van der Waals surface area contributed by atoms with Gasteiger partial charge in [-0.1, -0.05) is 24.3 Å². The van der Waals surface area contributed by atoms with Gasteiger partial charge in [0.05, 0.1) is 0 Å². The first-order chi connectivity index (χ1) is 7.59. The van der Waals surface area contributed by atoms with Crippen LogP contribution in [0.1, 0.15) is 23.1 Å². The molecule has 0 unspecified atom stereocenters. The van der Waals surface area contributed by atoms with Crippen LogP contribution in [0.4, 0.5) is 0 Å². The molecule has 2 aromatic rings. The fourth-order valence-electron chi connectivity index (χ4n) is 1.51. The number of aryl methyl sites for hydroxylation is 1. The van der Waals surface area contributed by atoms with E-state index in [0.29, 0.717) is 5.56 Å². The van der Waals surface area contributed by atoms with Gasteiger partial charge in [-0.05, 0) is 13.8 Å². The molecule has 16 heavy (non-hydrogen) atoms. The van der Waals surface area contributed by atoms with E-state index >= 15 is 0 Å². The second-order valence-corrected chi connectivity index (χ2v) is 3.76. The number of aromatic nitrogens is 3. The van der Waals surface area contributed by atoms with Crippen molar-refractivity contribution in [1.29, 1.82) is 0 Å². The molecule has 4 nitrogen and oxygen atoms in total. The number of rotatable bonds is 2. The number of ketones is 1. The molecule has 0 radical (unpaired) electrons. The first-order valence-electron chi connectivity index (χ1n) is 5.07. The summed E-state index contributed by atoms with van der Waals surface area (Å²) >= 11 is 0. The molecule has 82 valence electrons.